The first-order valence-corrected chi connectivity index (χ1v) is 7.83. The van der Waals surface area contributed by atoms with Crippen molar-refractivity contribution in [2.75, 3.05) is 18.1 Å². The van der Waals surface area contributed by atoms with Gasteiger partial charge in [0.15, 0.2) is 0 Å². The van der Waals surface area contributed by atoms with Gasteiger partial charge in [0, 0.05) is 12.0 Å². The molecular weight excluding hydrogens is 258 g/mol. The summed E-state index contributed by atoms with van der Waals surface area (Å²) in [4.78, 5) is 0. The number of thioether (sulfide) groups is 1. The number of rotatable bonds is 2. The van der Waals surface area contributed by atoms with E-state index in [-0.39, 0.29) is 5.92 Å². The molecule has 0 amide bonds. The summed E-state index contributed by atoms with van der Waals surface area (Å²) in [5, 5.41) is 20.5. The normalized spacial score (nSPS) is 31.1. The van der Waals surface area contributed by atoms with Crippen LogP contribution >= 0.6 is 11.8 Å². The highest BCUT2D eigenvalue weighted by molar-refractivity contribution is 7.99. The lowest BCUT2D eigenvalue weighted by Gasteiger charge is -2.39. The van der Waals surface area contributed by atoms with Crippen molar-refractivity contribution in [1.29, 1.82) is 5.26 Å². The zero-order chi connectivity index (χ0) is 13.3. The van der Waals surface area contributed by atoms with Gasteiger partial charge in [-0.05, 0) is 29.9 Å². The van der Waals surface area contributed by atoms with Crippen LogP contribution in [0.2, 0.25) is 0 Å². The van der Waals surface area contributed by atoms with E-state index in [1.807, 2.05) is 36.0 Å². The van der Waals surface area contributed by atoms with Gasteiger partial charge in [-0.2, -0.15) is 17.0 Å². The lowest BCUT2D eigenvalue weighted by Crippen LogP contribution is -2.46. The lowest BCUT2D eigenvalue weighted by atomic mass is 9.69. The predicted octanol–water partition coefficient (Wildman–Crippen LogP) is 2.34. The monoisotopic (exact) mass is 275 g/mol. The van der Waals surface area contributed by atoms with Gasteiger partial charge in [0.05, 0.1) is 18.8 Å². The molecule has 0 radical (unpaired) electrons. The van der Waals surface area contributed by atoms with Crippen molar-refractivity contribution in [1.82, 2.24) is 0 Å². The molecule has 0 aliphatic carbocycles. The minimum atomic E-state index is -0.801. The van der Waals surface area contributed by atoms with Gasteiger partial charge in [-0.3, -0.25) is 0 Å². The fraction of sp³-hybridized carbons (Fsp3) is 0.533. The van der Waals surface area contributed by atoms with Crippen LogP contribution in [-0.4, -0.2) is 29.3 Å². The Morgan fingerprint density at radius 2 is 2.32 bits per heavy atom. The van der Waals surface area contributed by atoms with Gasteiger partial charge in [-0.25, -0.2) is 0 Å². The van der Waals surface area contributed by atoms with E-state index in [1.165, 1.54) is 0 Å². The Morgan fingerprint density at radius 1 is 1.47 bits per heavy atom. The number of nitriles is 1. The van der Waals surface area contributed by atoms with E-state index in [1.54, 1.807) is 0 Å². The minimum Gasteiger partial charge on any atom is -0.493 e. The number of benzene rings is 1. The van der Waals surface area contributed by atoms with Gasteiger partial charge in [0.1, 0.15) is 11.2 Å². The summed E-state index contributed by atoms with van der Waals surface area (Å²) < 4.78 is 5.63. The van der Waals surface area contributed by atoms with E-state index in [0.29, 0.717) is 13.0 Å². The van der Waals surface area contributed by atoms with Crippen LogP contribution in [0.15, 0.2) is 24.3 Å². The topological polar surface area (TPSA) is 53.2 Å². The second-order valence-electron chi connectivity index (χ2n) is 5.25. The third-order valence-corrected chi connectivity index (χ3v) is 5.43. The van der Waals surface area contributed by atoms with Gasteiger partial charge in [0.25, 0.3) is 0 Å². The molecule has 1 aromatic carbocycles. The summed E-state index contributed by atoms with van der Waals surface area (Å²) in [6.07, 6.45) is 0.971. The van der Waals surface area contributed by atoms with Crippen LogP contribution < -0.4 is 4.74 Å². The van der Waals surface area contributed by atoms with Crippen LogP contribution in [0, 0.1) is 17.2 Å². The molecule has 1 saturated heterocycles. The molecule has 4 heteroatoms. The molecule has 0 saturated carbocycles. The largest absolute Gasteiger partial charge is 0.493 e. The second kappa shape index (κ2) is 5.07. The van der Waals surface area contributed by atoms with E-state index >= 15 is 0 Å². The van der Waals surface area contributed by atoms with E-state index in [0.717, 1.165) is 29.2 Å². The first kappa shape index (κ1) is 12.8. The molecule has 1 N–H and O–H groups in total. The average molecular weight is 275 g/mol. The Kier molecular flexibility index (Phi) is 3.42. The highest BCUT2D eigenvalue weighted by atomic mass is 32.2. The summed E-state index contributed by atoms with van der Waals surface area (Å²) in [6, 6.07) is 10.0. The van der Waals surface area contributed by atoms with E-state index in [2.05, 4.69) is 6.07 Å². The maximum atomic E-state index is 10.8. The molecule has 0 aromatic heterocycles. The SMILES string of the molecule is N#CC1(C(O)C2CCSC2)CCOc2ccccc21. The summed E-state index contributed by atoms with van der Waals surface area (Å²) >= 11 is 1.86. The number of ether oxygens (including phenoxy) is 1. The van der Waals surface area contributed by atoms with Crippen molar-refractivity contribution in [2.45, 2.75) is 24.4 Å². The fourth-order valence-corrected chi connectivity index (χ4v) is 4.40. The molecule has 0 bridgehead atoms. The quantitative estimate of drug-likeness (QED) is 0.900. The second-order valence-corrected chi connectivity index (χ2v) is 6.40. The standard InChI is InChI=1S/C15H17NO2S/c16-10-15(14(17)11-5-8-19-9-11)6-7-18-13-4-2-1-3-12(13)15/h1-4,11,14,17H,5-9H2. The van der Waals surface area contributed by atoms with Crippen molar-refractivity contribution in [3.63, 3.8) is 0 Å². The van der Waals surface area contributed by atoms with Gasteiger partial charge < -0.3 is 9.84 Å². The van der Waals surface area contributed by atoms with Gasteiger partial charge in [-0.1, -0.05) is 18.2 Å². The van der Waals surface area contributed by atoms with Gasteiger partial charge >= 0.3 is 0 Å². The Hall–Kier alpha value is -1.18. The minimum absolute atomic E-state index is 0.218. The lowest BCUT2D eigenvalue weighted by molar-refractivity contribution is 0.0412. The Labute approximate surface area is 117 Å². The number of nitrogens with zero attached hydrogens (tertiary/aromatic N) is 1. The predicted molar refractivity (Wildman–Crippen MR) is 75.3 cm³/mol. The number of para-hydroxylation sites is 1. The van der Waals surface area contributed by atoms with Crippen molar-refractivity contribution < 1.29 is 9.84 Å². The first-order chi connectivity index (χ1) is 9.28. The third kappa shape index (κ3) is 2.01. The molecule has 3 unspecified atom stereocenters. The molecule has 0 spiro atoms. The number of hydrogen-bond donors (Lipinski definition) is 1. The average Bonchev–Trinajstić information content (AvgIpc) is 3.00. The molecule has 2 heterocycles. The highest BCUT2D eigenvalue weighted by Crippen LogP contribution is 2.45. The Morgan fingerprint density at radius 3 is 3.05 bits per heavy atom. The fourth-order valence-electron chi connectivity index (χ4n) is 3.11. The van der Waals surface area contributed by atoms with Crippen LogP contribution in [0.3, 0.4) is 0 Å². The van der Waals surface area contributed by atoms with Crippen molar-refractivity contribution in [3.05, 3.63) is 29.8 Å². The van der Waals surface area contributed by atoms with Gasteiger partial charge in [0.2, 0.25) is 0 Å². The maximum absolute atomic E-state index is 10.8. The van der Waals surface area contributed by atoms with Crippen LogP contribution in [0.4, 0.5) is 0 Å². The smallest absolute Gasteiger partial charge is 0.124 e. The Bertz CT molecular complexity index is 507. The zero-order valence-corrected chi connectivity index (χ0v) is 11.5. The Balaban J connectivity index is 2.02. The van der Waals surface area contributed by atoms with Crippen LogP contribution in [0.1, 0.15) is 18.4 Å². The summed E-state index contributed by atoms with van der Waals surface area (Å²) in [5.41, 5.74) is 0.0536. The van der Waals surface area contributed by atoms with Crippen LogP contribution in [0.25, 0.3) is 0 Å². The number of fused-ring (bicyclic) bond motifs is 1. The first-order valence-electron chi connectivity index (χ1n) is 6.67. The molecule has 19 heavy (non-hydrogen) atoms. The van der Waals surface area contributed by atoms with E-state index < -0.39 is 11.5 Å². The van der Waals surface area contributed by atoms with E-state index in [9.17, 15) is 10.4 Å². The molecule has 3 atom stereocenters. The number of aliphatic hydroxyl groups is 1. The molecule has 1 aromatic rings. The molecule has 2 aliphatic rings. The highest BCUT2D eigenvalue weighted by Gasteiger charge is 2.47. The third-order valence-electron chi connectivity index (χ3n) is 4.24. The molecular formula is C15H17NO2S. The number of hydrogen-bond acceptors (Lipinski definition) is 4. The number of aliphatic hydroxyl groups excluding tert-OH is 1. The van der Waals surface area contributed by atoms with Crippen molar-refractivity contribution in [2.24, 2.45) is 5.92 Å². The molecule has 100 valence electrons. The van der Waals surface area contributed by atoms with Crippen LogP contribution in [0.5, 0.6) is 5.75 Å². The summed E-state index contributed by atoms with van der Waals surface area (Å²) in [5.74, 6) is 3.01. The zero-order valence-electron chi connectivity index (χ0n) is 10.7. The molecule has 1 fully saturated rings. The molecule has 3 nitrogen and oxygen atoms in total. The molecule has 3 rings (SSSR count). The van der Waals surface area contributed by atoms with Gasteiger partial charge in [-0.15, -0.1) is 0 Å². The molecule has 2 aliphatic heterocycles. The van der Waals surface area contributed by atoms with Crippen molar-refractivity contribution in [3.8, 4) is 11.8 Å². The summed E-state index contributed by atoms with van der Waals surface area (Å²) in [6.45, 7) is 0.501. The van der Waals surface area contributed by atoms with Crippen molar-refractivity contribution >= 4 is 11.8 Å². The summed E-state index contributed by atoms with van der Waals surface area (Å²) in [7, 11) is 0. The van der Waals surface area contributed by atoms with Crippen LogP contribution in [-0.2, 0) is 5.41 Å². The maximum Gasteiger partial charge on any atom is 0.124 e. The van der Waals surface area contributed by atoms with E-state index in [4.69, 9.17) is 4.74 Å².